The van der Waals surface area contributed by atoms with Gasteiger partial charge >= 0.3 is 0 Å². The summed E-state index contributed by atoms with van der Waals surface area (Å²) in [6.45, 7) is 6.47. The van der Waals surface area contributed by atoms with Gasteiger partial charge in [0.15, 0.2) is 0 Å². The van der Waals surface area contributed by atoms with Gasteiger partial charge in [0.05, 0.1) is 0 Å². The first-order chi connectivity index (χ1) is 11.1. The molecule has 0 N–H and O–H groups in total. The predicted molar refractivity (Wildman–Crippen MR) is 100 cm³/mol. The molecule has 3 aromatic rings. The Morgan fingerprint density at radius 1 is 0.522 bits per heavy atom. The van der Waals surface area contributed by atoms with Gasteiger partial charge in [-0.15, -0.1) is 0 Å². The summed E-state index contributed by atoms with van der Waals surface area (Å²) in [4.78, 5) is 0. The summed E-state index contributed by atoms with van der Waals surface area (Å²) in [7, 11) is 0. The van der Waals surface area contributed by atoms with Gasteiger partial charge in [-0.3, -0.25) is 0 Å². The van der Waals surface area contributed by atoms with Crippen LogP contribution in [0.3, 0.4) is 0 Å². The molecule has 0 spiro atoms. The molecule has 0 aromatic heterocycles. The molecule has 0 aliphatic heterocycles. The molecule has 3 rings (SSSR count). The van der Waals surface area contributed by atoms with Gasteiger partial charge in [-0.05, 0) is 48.6 Å². The molecule has 0 atom stereocenters. The molecule has 3 aromatic carbocycles. The summed E-state index contributed by atoms with van der Waals surface area (Å²) in [6.07, 6.45) is 0. The summed E-state index contributed by atoms with van der Waals surface area (Å²) in [6, 6.07) is 28.2. The van der Waals surface area contributed by atoms with Crippen molar-refractivity contribution in [1.29, 1.82) is 0 Å². The predicted octanol–water partition coefficient (Wildman–Crippen LogP) is 6.28. The lowest BCUT2D eigenvalue weighted by Crippen LogP contribution is -1.93. The summed E-state index contributed by atoms with van der Waals surface area (Å²) in [5.74, 6) is 0. The molecule has 0 saturated carbocycles. The van der Waals surface area contributed by atoms with Crippen LogP contribution in [0.2, 0.25) is 0 Å². The third kappa shape index (κ3) is 3.43. The second-order valence-electron chi connectivity index (χ2n) is 6.10. The van der Waals surface area contributed by atoms with Gasteiger partial charge in [-0.2, -0.15) is 0 Å². The highest BCUT2D eigenvalue weighted by Gasteiger charge is 2.10. The van der Waals surface area contributed by atoms with Crippen LogP contribution < -0.4 is 0 Å². The fourth-order valence-electron chi connectivity index (χ4n) is 2.87. The minimum atomic E-state index is 1.26. The van der Waals surface area contributed by atoms with Crippen LogP contribution in [0.5, 0.6) is 0 Å². The second kappa shape index (κ2) is 6.66. The van der Waals surface area contributed by atoms with Gasteiger partial charge in [-0.1, -0.05) is 90.0 Å². The summed E-state index contributed by atoms with van der Waals surface area (Å²) >= 11 is 0. The van der Waals surface area contributed by atoms with E-state index in [9.17, 15) is 0 Å². The van der Waals surface area contributed by atoms with Crippen molar-refractivity contribution in [2.24, 2.45) is 0 Å². The zero-order valence-electron chi connectivity index (χ0n) is 14.0. The Labute approximate surface area is 139 Å². The maximum atomic E-state index is 2.22. The largest absolute Gasteiger partial charge is 0.0622 e. The van der Waals surface area contributed by atoms with Crippen molar-refractivity contribution in [3.8, 4) is 0 Å². The molecule has 0 unspecified atom stereocenters. The lowest BCUT2D eigenvalue weighted by molar-refractivity contribution is 1.42. The molecule has 0 radical (unpaired) electrons. The average Bonchev–Trinajstić information content (AvgIpc) is 2.58. The summed E-state index contributed by atoms with van der Waals surface area (Å²) in [5, 5.41) is 0. The maximum absolute atomic E-state index is 2.22. The van der Waals surface area contributed by atoms with E-state index in [-0.39, 0.29) is 0 Å². The molecule has 0 saturated heterocycles. The molecule has 0 bridgehead atoms. The van der Waals surface area contributed by atoms with E-state index in [1.54, 1.807) is 0 Å². The van der Waals surface area contributed by atoms with Crippen molar-refractivity contribution in [2.45, 2.75) is 20.8 Å². The van der Waals surface area contributed by atoms with E-state index in [4.69, 9.17) is 0 Å². The van der Waals surface area contributed by atoms with Crippen molar-refractivity contribution >= 4 is 11.1 Å². The summed E-state index contributed by atoms with van der Waals surface area (Å²) < 4.78 is 0. The molecule has 0 aliphatic carbocycles. The first-order valence-electron chi connectivity index (χ1n) is 8.05. The van der Waals surface area contributed by atoms with E-state index in [1.165, 1.54) is 39.0 Å². The normalized spacial score (nSPS) is 12.0. The van der Waals surface area contributed by atoms with Crippen molar-refractivity contribution in [1.82, 2.24) is 0 Å². The molecular formula is C23H22. The first-order valence-corrected chi connectivity index (χ1v) is 8.05. The smallest absolute Gasteiger partial charge is 0.00762 e. The lowest BCUT2D eigenvalue weighted by atomic mass is 9.90. The van der Waals surface area contributed by atoms with Gasteiger partial charge in [0, 0.05) is 0 Å². The maximum Gasteiger partial charge on any atom is -0.00762 e. The van der Waals surface area contributed by atoms with E-state index in [0.717, 1.165) is 0 Å². The van der Waals surface area contributed by atoms with Gasteiger partial charge in [0.1, 0.15) is 0 Å². The molecule has 0 fully saturated rings. The Morgan fingerprint density at radius 3 is 1.48 bits per heavy atom. The van der Waals surface area contributed by atoms with Crippen molar-refractivity contribution in [3.05, 3.63) is 107 Å². The number of hydrogen-bond acceptors (Lipinski definition) is 0. The second-order valence-corrected chi connectivity index (χ2v) is 6.10. The Kier molecular flexibility index (Phi) is 4.43. The van der Waals surface area contributed by atoms with Crippen LogP contribution in [0.1, 0.15) is 34.7 Å². The molecule has 114 valence electrons. The molecule has 0 heterocycles. The number of benzene rings is 3. The van der Waals surface area contributed by atoms with Crippen LogP contribution >= 0.6 is 0 Å². The Hall–Kier alpha value is -2.60. The van der Waals surface area contributed by atoms with E-state index in [1.807, 2.05) is 0 Å². The summed E-state index contributed by atoms with van der Waals surface area (Å²) in [5.41, 5.74) is 8.98. The Bertz CT molecular complexity index is 804. The van der Waals surface area contributed by atoms with Gasteiger partial charge in [-0.25, -0.2) is 0 Å². The molecular weight excluding hydrogens is 276 g/mol. The van der Waals surface area contributed by atoms with E-state index in [2.05, 4.69) is 99.6 Å². The van der Waals surface area contributed by atoms with Crippen LogP contribution in [0.25, 0.3) is 11.1 Å². The van der Waals surface area contributed by atoms with Gasteiger partial charge in [0.2, 0.25) is 0 Å². The number of aryl methyl sites for hydroxylation is 2. The molecule has 0 heteroatoms. The average molecular weight is 298 g/mol. The standard InChI is InChI=1S/C23H22/c1-17-9-13-20(14-10-17)19(3)23(21-7-5-4-6-8-21)22-15-11-18(2)12-16-22/h4-16H,1-3H3. The zero-order chi connectivity index (χ0) is 16.2. The lowest BCUT2D eigenvalue weighted by Gasteiger charge is -2.14. The number of allylic oxidation sites excluding steroid dienone is 1. The van der Waals surface area contributed by atoms with Crippen LogP contribution in [-0.4, -0.2) is 0 Å². The van der Waals surface area contributed by atoms with E-state index in [0.29, 0.717) is 0 Å². The minimum absolute atomic E-state index is 1.26. The Balaban J connectivity index is 2.20. The molecule has 0 amide bonds. The quantitative estimate of drug-likeness (QED) is 0.499. The molecule has 0 aliphatic rings. The highest BCUT2D eigenvalue weighted by Crippen LogP contribution is 2.32. The highest BCUT2D eigenvalue weighted by molar-refractivity contribution is 5.97. The van der Waals surface area contributed by atoms with Gasteiger partial charge in [0.25, 0.3) is 0 Å². The number of hydrogen-bond donors (Lipinski definition) is 0. The minimum Gasteiger partial charge on any atom is -0.0622 e. The van der Waals surface area contributed by atoms with Crippen molar-refractivity contribution < 1.29 is 0 Å². The Morgan fingerprint density at radius 2 is 0.957 bits per heavy atom. The van der Waals surface area contributed by atoms with Crippen LogP contribution in [0.15, 0.2) is 78.9 Å². The van der Waals surface area contributed by atoms with Gasteiger partial charge < -0.3 is 0 Å². The monoisotopic (exact) mass is 298 g/mol. The fourth-order valence-corrected chi connectivity index (χ4v) is 2.87. The first kappa shape index (κ1) is 15.3. The number of rotatable bonds is 3. The molecule has 23 heavy (non-hydrogen) atoms. The van der Waals surface area contributed by atoms with Crippen LogP contribution in [0, 0.1) is 13.8 Å². The third-order valence-electron chi connectivity index (χ3n) is 4.26. The third-order valence-corrected chi connectivity index (χ3v) is 4.26. The van der Waals surface area contributed by atoms with Crippen LogP contribution in [-0.2, 0) is 0 Å². The topological polar surface area (TPSA) is 0 Å². The van der Waals surface area contributed by atoms with Crippen LogP contribution in [0.4, 0.5) is 0 Å². The highest BCUT2D eigenvalue weighted by atomic mass is 14.1. The van der Waals surface area contributed by atoms with E-state index < -0.39 is 0 Å². The van der Waals surface area contributed by atoms with Crippen molar-refractivity contribution in [2.75, 3.05) is 0 Å². The SMILES string of the molecule is CC(=C(c1ccccc1)c1ccc(C)cc1)c1ccc(C)cc1. The van der Waals surface area contributed by atoms with E-state index >= 15 is 0 Å². The molecule has 0 nitrogen and oxygen atoms in total. The fraction of sp³-hybridized carbons (Fsp3) is 0.130. The zero-order valence-corrected chi connectivity index (χ0v) is 14.0. The van der Waals surface area contributed by atoms with Crippen molar-refractivity contribution in [3.63, 3.8) is 0 Å².